The molecule has 0 saturated carbocycles. The molecule has 1 unspecified atom stereocenters. The summed E-state index contributed by atoms with van der Waals surface area (Å²) in [5, 5.41) is 0. The molecule has 1 aliphatic heterocycles. The molecule has 3 rings (SSSR count). The van der Waals surface area contributed by atoms with Gasteiger partial charge < -0.3 is 15.2 Å². The normalized spacial score (nSPS) is 19.6. The molecular formula is C12H16N4. The SMILES string of the molecule is CN(C)C1Cc2cccc3nc(N)n(c23)C1. The molecule has 0 spiro atoms. The average molecular weight is 216 g/mol. The molecule has 4 nitrogen and oxygen atoms in total. The van der Waals surface area contributed by atoms with E-state index in [4.69, 9.17) is 5.73 Å². The molecule has 0 radical (unpaired) electrons. The van der Waals surface area contributed by atoms with Gasteiger partial charge in [0, 0.05) is 12.6 Å². The highest BCUT2D eigenvalue weighted by Gasteiger charge is 2.24. The highest BCUT2D eigenvalue weighted by atomic mass is 15.2. The second kappa shape index (κ2) is 3.22. The molecule has 2 heterocycles. The average Bonchev–Trinajstić information content (AvgIpc) is 2.58. The fraction of sp³-hybridized carbons (Fsp3) is 0.417. The van der Waals surface area contributed by atoms with Crippen LogP contribution in [0.1, 0.15) is 5.56 Å². The van der Waals surface area contributed by atoms with E-state index in [1.807, 2.05) is 6.07 Å². The summed E-state index contributed by atoms with van der Waals surface area (Å²) in [5.74, 6) is 0.633. The predicted molar refractivity (Wildman–Crippen MR) is 65.3 cm³/mol. The largest absolute Gasteiger partial charge is 0.369 e. The number of nitrogens with two attached hydrogens (primary N) is 1. The van der Waals surface area contributed by atoms with Gasteiger partial charge >= 0.3 is 0 Å². The molecule has 4 heteroatoms. The van der Waals surface area contributed by atoms with Crippen molar-refractivity contribution in [3.8, 4) is 0 Å². The molecule has 0 saturated heterocycles. The number of nitrogen functional groups attached to an aromatic ring is 1. The Kier molecular flexibility index (Phi) is 1.94. The molecular weight excluding hydrogens is 200 g/mol. The monoisotopic (exact) mass is 216 g/mol. The molecule has 0 aliphatic carbocycles. The van der Waals surface area contributed by atoms with E-state index in [2.05, 4.69) is 40.7 Å². The lowest BCUT2D eigenvalue weighted by Gasteiger charge is -2.29. The fourth-order valence-corrected chi connectivity index (χ4v) is 2.50. The zero-order chi connectivity index (χ0) is 11.3. The van der Waals surface area contributed by atoms with Crippen LogP contribution in [0.5, 0.6) is 0 Å². The first-order valence-electron chi connectivity index (χ1n) is 5.57. The number of para-hydroxylation sites is 1. The zero-order valence-corrected chi connectivity index (χ0v) is 9.64. The molecule has 1 aromatic heterocycles. The number of hydrogen-bond acceptors (Lipinski definition) is 3. The van der Waals surface area contributed by atoms with Gasteiger partial charge in [-0.2, -0.15) is 0 Å². The number of imidazole rings is 1. The first-order chi connectivity index (χ1) is 7.66. The molecule has 2 N–H and O–H groups in total. The quantitative estimate of drug-likeness (QED) is 0.776. The second-order valence-electron chi connectivity index (χ2n) is 4.69. The van der Waals surface area contributed by atoms with E-state index in [0.29, 0.717) is 12.0 Å². The van der Waals surface area contributed by atoms with Crippen molar-refractivity contribution < 1.29 is 0 Å². The maximum absolute atomic E-state index is 5.96. The van der Waals surface area contributed by atoms with Crippen LogP contribution in [-0.2, 0) is 13.0 Å². The Balaban J connectivity index is 2.21. The van der Waals surface area contributed by atoms with E-state index in [1.165, 1.54) is 11.1 Å². The highest BCUT2D eigenvalue weighted by Crippen LogP contribution is 2.28. The topological polar surface area (TPSA) is 47.1 Å². The Morgan fingerprint density at radius 1 is 1.44 bits per heavy atom. The Hall–Kier alpha value is -1.55. The summed E-state index contributed by atoms with van der Waals surface area (Å²) in [5.41, 5.74) is 9.56. The third-order valence-corrected chi connectivity index (χ3v) is 3.46. The van der Waals surface area contributed by atoms with Crippen LogP contribution in [0.4, 0.5) is 5.95 Å². The van der Waals surface area contributed by atoms with Crippen molar-refractivity contribution in [2.45, 2.75) is 19.0 Å². The highest BCUT2D eigenvalue weighted by molar-refractivity contribution is 5.82. The lowest BCUT2D eigenvalue weighted by molar-refractivity contribution is 0.259. The van der Waals surface area contributed by atoms with Gasteiger partial charge in [-0.05, 0) is 32.1 Å². The smallest absolute Gasteiger partial charge is 0.201 e. The van der Waals surface area contributed by atoms with E-state index in [1.54, 1.807) is 0 Å². The van der Waals surface area contributed by atoms with Crippen molar-refractivity contribution in [3.63, 3.8) is 0 Å². The third kappa shape index (κ3) is 1.23. The van der Waals surface area contributed by atoms with Crippen LogP contribution in [0.3, 0.4) is 0 Å². The number of aromatic nitrogens is 2. The maximum atomic E-state index is 5.96. The minimum atomic E-state index is 0.509. The van der Waals surface area contributed by atoms with Crippen molar-refractivity contribution >= 4 is 17.0 Å². The first kappa shape index (κ1) is 9.66. The molecule has 0 fully saturated rings. The van der Waals surface area contributed by atoms with Gasteiger partial charge in [0.15, 0.2) is 0 Å². The van der Waals surface area contributed by atoms with E-state index >= 15 is 0 Å². The van der Waals surface area contributed by atoms with Crippen molar-refractivity contribution in [2.24, 2.45) is 0 Å². The molecule has 84 valence electrons. The summed E-state index contributed by atoms with van der Waals surface area (Å²) in [6, 6.07) is 6.78. The van der Waals surface area contributed by atoms with Crippen molar-refractivity contribution in [2.75, 3.05) is 19.8 Å². The number of hydrogen-bond donors (Lipinski definition) is 1. The summed E-state index contributed by atoms with van der Waals surface area (Å²) in [6.45, 7) is 0.937. The van der Waals surface area contributed by atoms with E-state index < -0.39 is 0 Å². The summed E-state index contributed by atoms with van der Waals surface area (Å²) >= 11 is 0. The molecule has 16 heavy (non-hydrogen) atoms. The van der Waals surface area contributed by atoms with Crippen LogP contribution in [-0.4, -0.2) is 34.6 Å². The van der Waals surface area contributed by atoms with Gasteiger partial charge in [-0.1, -0.05) is 12.1 Å². The van der Waals surface area contributed by atoms with Crippen LogP contribution >= 0.6 is 0 Å². The van der Waals surface area contributed by atoms with Crippen LogP contribution in [0.25, 0.3) is 11.0 Å². The van der Waals surface area contributed by atoms with Crippen LogP contribution in [0, 0.1) is 0 Å². The molecule has 0 bridgehead atoms. The second-order valence-corrected chi connectivity index (χ2v) is 4.69. The van der Waals surface area contributed by atoms with Crippen LogP contribution in [0.15, 0.2) is 18.2 Å². The van der Waals surface area contributed by atoms with Gasteiger partial charge in [0.2, 0.25) is 5.95 Å². The molecule has 0 amide bonds. The Labute approximate surface area is 94.7 Å². The zero-order valence-electron chi connectivity index (χ0n) is 9.64. The molecule has 1 atom stereocenters. The number of nitrogens with zero attached hydrogens (tertiary/aromatic N) is 3. The number of benzene rings is 1. The first-order valence-corrected chi connectivity index (χ1v) is 5.57. The molecule has 1 aromatic carbocycles. The maximum Gasteiger partial charge on any atom is 0.201 e. The van der Waals surface area contributed by atoms with Crippen molar-refractivity contribution in [1.82, 2.24) is 14.5 Å². The van der Waals surface area contributed by atoms with Gasteiger partial charge in [-0.3, -0.25) is 0 Å². The van der Waals surface area contributed by atoms with E-state index in [-0.39, 0.29) is 0 Å². The lowest BCUT2D eigenvalue weighted by Crippen LogP contribution is -2.37. The Morgan fingerprint density at radius 3 is 3.00 bits per heavy atom. The minimum Gasteiger partial charge on any atom is -0.369 e. The van der Waals surface area contributed by atoms with Crippen molar-refractivity contribution in [3.05, 3.63) is 23.8 Å². The summed E-state index contributed by atoms with van der Waals surface area (Å²) in [7, 11) is 4.23. The lowest BCUT2D eigenvalue weighted by atomic mass is 10.00. The molecule has 1 aliphatic rings. The predicted octanol–water partition coefficient (Wildman–Crippen LogP) is 1.10. The van der Waals surface area contributed by atoms with E-state index in [9.17, 15) is 0 Å². The summed E-state index contributed by atoms with van der Waals surface area (Å²) in [4.78, 5) is 6.65. The van der Waals surface area contributed by atoms with Crippen molar-refractivity contribution in [1.29, 1.82) is 0 Å². The third-order valence-electron chi connectivity index (χ3n) is 3.46. The Morgan fingerprint density at radius 2 is 2.25 bits per heavy atom. The number of likely N-dealkylation sites (N-methyl/N-ethyl adjacent to an activating group) is 1. The van der Waals surface area contributed by atoms with Gasteiger partial charge in [-0.15, -0.1) is 0 Å². The van der Waals surface area contributed by atoms with E-state index in [0.717, 1.165) is 18.5 Å². The number of rotatable bonds is 1. The minimum absolute atomic E-state index is 0.509. The Bertz CT molecular complexity index is 541. The summed E-state index contributed by atoms with van der Waals surface area (Å²) in [6.07, 6.45) is 1.08. The fourth-order valence-electron chi connectivity index (χ4n) is 2.50. The van der Waals surface area contributed by atoms with Crippen LogP contribution < -0.4 is 5.73 Å². The van der Waals surface area contributed by atoms with Gasteiger partial charge in [-0.25, -0.2) is 4.98 Å². The van der Waals surface area contributed by atoms with Gasteiger partial charge in [0.05, 0.1) is 11.0 Å². The summed E-state index contributed by atoms with van der Waals surface area (Å²) < 4.78 is 2.14. The number of anilines is 1. The van der Waals surface area contributed by atoms with Gasteiger partial charge in [0.25, 0.3) is 0 Å². The standard InChI is InChI=1S/C12H16N4/c1-15(2)9-6-8-4-3-5-10-11(8)16(7-9)12(13)14-10/h3-5,9H,6-7H2,1-2H3,(H2,13,14). The molecule has 2 aromatic rings. The van der Waals surface area contributed by atoms with Crippen LogP contribution in [0.2, 0.25) is 0 Å². The van der Waals surface area contributed by atoms with Gasteiger partial charge in [0.1, 0.15) is 0 Å².